The van der Waals surface area contributed by atoms with Gasteiger partial charge in [-0.05, 0) is 79.3 Å². The maximum Gasteiger partial charge on any atom is 0.235 e. The smallest absolute Gasteiger partial charge is 0.235 e. The van der Waals surface area contributed by atoms with Crippen molar-refractivity contribution in [3.05, 3.63) is 83.3 Å². The number of carbonyl (C=O) groups excluding carboxylic acids is 1. The Morgan fingerprint density at radius 1 is 1.08 bits per heavy atom. The number of hydrogen-bond acceptors (Lipinski definition) is 6. The molecule has 2 aliphatic rings. The van der Waals surface area contributed by atoms with Crippen molar-refractivity contribution in [2.75, 3.05) is 23.8 Å². The Balaban J connectivity index is 1.26. The molecule has 1 fully saturated rings. The molecule has 1 amide bonds. The van der Waals surface area contributed by atoms with Crippen LogP contribution in [0.4, 0.5) is 17.2 Å². The second-order valence-electron chi connectivity index (χ2n) is 10.1. The molecule has 39 heavy (non-hydrogen) atoms. The molecule has 1 saturated heterocycles. The molecule has 0 unspecified atom stereocenters. The van der Waals surface area contributed by atoms with Crippen LogP contribution < -0.4 is 10.6 Å². The highest BCUT2D eigenvalue weighted by Gasteiger charge is 2.43. The molecule has 6 nitrogen and oxygen atoms in total. The van der Waals surface area contributed by atoms with Crippen molar-refractivity contribution >= 4 is 45.6 Å². The van der Waals surface area contributed by atoms with Crippen LogP contribution in [-0.4, -0.2) is 34.3 Å². The molecule has 2 aliphatic heterocycles. The number of aryl methyl sites for hydroxylation is 1. The zero-order valence-corrected chi connectivity index (χ0v) is 23.1. The van der Waals surface area contributed by atoms with Gasteiger partial charge in [0.1, 0.15) is 11.5 Å². The first-order valence-corrected chi connectivity index (χ1v) is 14.2. The van der Waals surface area contributed by atoms with Crippen LogP contribution in [0.3, 0.4) is 0 Å². The Kier molecular flexibility index (Phi) is 6.76. The van der Waals surface area contributed by atoms with Gasteiger partial charge in [-0.2, -0.15) is 0 Å². The fourth-order valence-electron chi connectivity index (χ4n) is 5.29. The third-order valence-electron chi connectivity index (χ3n) is 7.77. The van der Waals surface area contributed by atoms with E-state index in [2.05, 4.69) is 71.4 Å². The lowest BCUT2D eigenvalue weighted by atomic mass is 9.77. The summed E-state index contributed by atoms with van der Waals surface area (Å²) in [6.45, 7) is 7.89. The summed E-state index contributed by atoms with van der Waals surface area (Å²) in [4.78, 5) is 23.2. The molecule has 0 bridgehead atoms. The third-order valence-corrected chi connectivity index (χ3v) is 8.90. The lowest BCUT2D eigenvalue weighted by molar-refractivity contribution is -0.121. The van der Waals surface area contributed by atoms with Crippen LogP contribution in [0.5, 0.6) is 0 Å². The lowest BCUT2D eigenvalue weighted by Crippen LogP contribution is -2.32. The number of benzene rings is 2. The summed E-state index contributed by atoms with van der Waals surface area (Å²) in [6, 6.07) is 16.4. The van der Waals surface area contributed by atoms with E-state index >= 15 is 0 Å². The van der Waals surface area contributed by atoms with Crippen molar-refractivity contribution < 1.29 is 9.53 Å². The number of thioether (sulfide) groups is 1. The number of anilines is 3. The number of fused-ring (bicyclic) bond motifs is 2. The number of aromatic nitrogens is 2. The maximum absolute atomic E-state index is 12.7. The van der Waals surface area contributed by atoms with Gasteiger partial charge in [-0.1, -0.05) is 25.8 Å². The molecule has 4 aromatic rings. The summed E-state index contributed by atoms with van der Waals surface area (Å²) in [5, 5.41) is 8.99. The molecule has 0 atom stereocenters. The van der Waals surface area contributed by atoms with Crippen LogP contribution >= 0.6 is 11.8 Å². The van der Waals surface area contributed by atoms with E-state index in [4.69, 9.17) is 4.74 Å². The van der Waals surface area contributed by atoms with Gasteiger partial charge in [-0.25, -0.2) is 9.97 Å². The SMILES string of the molecule is CCC1(CC)C(=O)Nc2cc(C#Cc3nccc4cnc(Nc5ccc(SC6COC6)cc5C)cc34)ccc21. The van der Waals surface area contributed by atoms with Crippen LogP contribution in [-0.2, 0) is 14.9 Å². The molecule has 0 saturated carbocycles. The lowest BCUT2D eigenvalue weighted by Gasteiger charge is -2.25. The maximum atomic E-state index is 12.7. The average molecular weight is 535 g/mol. The third kappa shape index (κ3) is 4.75. The molecule has 0 spiro atoms. The predicted molar refractivity (Wildman–Crippen MR) is 158 cm³/mol. The van der Waals surface area contributed by atoms with E-state index in [1.807, 2.05) is 48.3 Å². The fourth-order valence-corrected chi connectivity index (χ4v) is 6.39. The number of carbonyl (C=O) groups is 1. The van der Waals surface area contributed by atoms with Gasteiger partial charge < -0.3 is 15.4 Å². The molecule has 0 radical (unpaired) electrons. The Hall–Kier alpha value is -3.86. The van der Waals surface area contributed by atoms with E-state index in [1.54, 1.807) is 6.20 Å². The van der Waals surface area contributed by atoms with E-state index < -0.39 is 5.41 Å². The highest BCUT2D eigenvalue weighted by atomic mass is 32.2. The standard InChI is InChI=1S/C32H30N4O2S/c1-4-32(5-2)26-9-6-21(15-29(26)36-31(32)37)7-10-28-25-16-30(34-17-22(25)12-13-33-28)35-27-11-8-23(14-20(27)3)39-24-18-38-19-24/h6,8-9,11-17,24H,4-5,18-19H2,1-3H3,(H,34,35)(H,36,37). The highest BCUT2D eigenvalue weighted by Crippen LogP contribution is 2.43. The Morgan fingerprint density at radius 3 is 2.67 bits per heavy atom. The van der Waals surface area contributed by atoms with Crippen LogP contribution in [0.1, 0.15) is 49.1 Å². The zero-order valence-electron chi connectivity index (χ0n) is 22.3. The number of ether oxygens (including phenoxy) is 1. The first-order chi connectivity index (χ1) is 19.0. The van der Waals surface area contributed by atoms with E-state index in [-0.39, 0.29) is 5.91 Å². The van der Waals surface area contributed by atoms with E-state index in [1.165, 1.54) is 4.90 Å². The summed E-state index contributed by atoms with van der Waals surface area (Å²) < 4.78 is 5.29. The van der Waals surface area contributed by atoms with Gasteiger partial charge in [0.2, 0.25) is 5.91 Å². The largest absolute Gasteiger partial charge is 0.379 e. The van der Waals surface area contributed by atoms with Crippen molar-refractivity contribution in [2.24, 2.45) is 0 Å². The highest BCUT2D eigenvalue weighted by molar-refractivity contribution is 8.00. The van der Waals surface area contributed by atoms with Gasteiger partial charge >= 0.3 is 0 Å². The molecule has 7 heteroatoms. The zero-order chi connectivity index (χ0) is 27.0. The molecular weight excluding hydrogens is 504 g/mol. The summed E-state index contributed by atoms with van der Waals surface area (Å²) in [7, 11) is 0. The Bertz CT molecular complexity index is 1650. The van der Waals surface area contributed by atoms with Crippen molar-refractivity contribution in [2.45, 2.75) is 49.2 Å². The molecule has 2 N–H and O–H groups in total. The average Bonchev–Trinajstić information content (AvgIpc) is 3.21. The Morgan fingerprint density at radius 2 is 1.92 bits per heavy atom. The van der Waals surface area contributed by atoms with Crippen LogP contribution in [0.25, 0.3) is 10.8 Å². The Labute approximate surface area is 233 Å². The molecule has 2 aromatic carbocycles. The van der Waals surface area contributed by atoms with Gasteiger partial charge in [-0.3, -0.25) is 4.79 Å². The monoisotopic (exact) mass is 534 g/mol. The first kappa shape index (κ1) is 25.4. The minimum Gasteiger partial charge on any atom is -0.379 e. The summed E-state index contributed by atoms with van der Waals surface area (Å²) in [5.41, 5.74) is 5.17. The number of hydrogen-bond donors (Lipinski definition) is 2. The number of rotatable bonds is 6. The second kappa shape index (κ2) is 10.4. The molecule has 6 rings (SSSR count). The minimum absolute atomic E-state index is 0.0763. The predicted octanol–water partition coefficient (Wildman–Crippen LogP) is 6.58. The molecule has 4 heterocycles. The van der Waals surface area contributed by atoms with Crippen molar-refractivity contribution in [1.82, 2.24) is 9.97 Å². The quantitative estimate of drug-likeness (QED) is 0.272. The number of nitrogens with one attached hydrogen (secondary N) is 2. The van der Waals surface area contributed by atoms with Gasteiger partial charge in [0.15, 0.2) is 0 Å². The van der Waals surface area contributed by atoms with Crippen molar-refractivity contribution in [3.8, 4) is 11.8 Å². The van der Waals surface area contributed by atoms with Crippen LogP contribution in [0.15, 0.2) is 65.8 Å². The van der Waals surface area contributed by atoms with Crippen LogP contribution in [0.2, 0.25) is 0 Å². The van der Waals surface area contributed by atoms with Gasteiger partial charge in [0.05, 0.1) is 23.9 Å². The van der Waals surface area contributed by atoms with Gasteiger partial charge in [0.25, 0.3) is 0 Å². The van der Waals surface area contributed by atoms with Gasteiger partial charge in [-0.15, -0.1) is 11.8 Å². The summed E-state index contributed by atoms with van der Waals surface area (Å²) in [5.74, 6) is 7.32. The van der Waals surface area contributed by atoms with Crippen LogP contribution in [0, 0.1) is 18.8 Å². The van der Waals surface area contributed by atoms with Crippen molar-refractivity contribution in [3.63, 3.8) is 0 Å². The summed E-state index contributed by atoms with van der Waals surface area (Å²) >= 11 is 1.86. The molecule has 2 aromatic heterocycles. The second-order valence-corrected chi connectivity index (χ2v) is 11.5. The molecule has 196 valence electrons. The van der Waals surface area contributed by atoms with Crippen molar-refractivity contribution in [1.29, 1.82) is 0 Å². The van der Waals surface area contributed by atoms with E-state index in [0.29, 0.717) is 10.9 Å². The summed E-state index contributed by atoms with van der Waals surface area (Å²) in [6.07, 6.45) is 5.15. The first-order valence-electron chi connectivity index (χ1n) is 13.3. The van der Waals surface area contributed by atoms with Gasteiger partial charge in [0, 0.05) is 45.0 Å². The number of nitrogens with zero attached hydrogens (tertiary/aromatic N) is 2. The topological polar surface area (TPSA) is 76.1 Å². The molecular formula is C32H30N4O2S. The van der Waals surface area contributed by atoms with E-state index in [0.717, 1.165) is 70.7 Å². The normalized spacial score (nSPS) is 15.7. The fraction of sp³-hybridized carbons (Fsp3) is 0.281. The van der Waals surface area contributed by atoms with E-state index in [9.17, 15) is 4.79 Å². The number of amides is 1. The minimum atomic E-state index is -0.446. The number of pyridine rings is 2. The molecule has 0 aliphatic carbocycles.